The van der Waals surface area contributed by atoms with Crippen molar-refractivity contribution >= 4 is 22.6 Å². The zero-order valence-electron chi connectivity index (χ0n) is 12.6. The Morgan fingerprint density at radius 3 is 2.86 bits per heavy atom. The Labute approximate surface area is 125 Å². The minimum Gasteiger partial charge on any atom is -0.383 e. The first kappa shape index (κ1) is 15.3. The molecule has 0 saturated heterocycles. The normalized spacial score (nSPS) is 11.0. The van der Waals surface area contributed by atoms with Gasteiger partial charge in [0.2, 0.25) is 5.91 Å². The van der Waals surface area contributed by atoms with Crippen LogP contribution < -0.4 is 11.1 Å². The number of anilines is 1. The summed E-state index contributed by atoms with van der Waals surface area (Å²) in [5.74, 6) is 0.544. The summed E-state index contributed by atoms with van der Waals surface area (Å²) in [6.45, 7) is 3.94. The van der Waals surface area contributed by atoms with Crippen LogP contribution in [-0.2, 0) is 11.3 Å². The summed E-state index contributed by atoms with van der Waals surface area (Å²) in [6, 6.07) is 9.96. The maximum absolute atomic E-state index is 11.6. The highest BCUT2D eigenvalue weighted by atomic mass is 16.1. The van der Waals surface area contributed by atoms with Crippen molar-refractivity contribution in [3.05, 3.63) is 35.9 Å². The zero-order chi connectivity index (χ0) is 15.2. The Morgan fingerprint density at radius 2 is 2.14 bits per heavy atom. The number of aromatic nitrogens is 1. The second-order valence-corrected chi connectivity index (χ2v) is 5.11. The highest BCUT2D eigenvalue weighted by Crippen LogP contribution is 2.19. The standard InChI is InChI=1S/C16H22N4O/c1-3-8-20(11-15(21)18-2)10-13-9-12-6-4-5-7-14(12)19-16(13)17/h4-7,9H,3,8,10-11H2,1-2H3,(H2,17,19)(H,18,21). The lowest BCUT2D eigenvalue weighted by molar-refractivity contribution is -0.121. The molecule has 2 aromatic rings. The van der Waals surface area contributed by atoms with Crippen LogP contribution in [0.4, 0.5) is 5.82 Å². The largest absolute Gasteiger partial charge is 0.383 e. The molecule has 21 heavy (non-hydrogen) atoms. The quantitative estimate of drug-likeness (QED) is 0.849. The summed E-state index contributed by atoms with van der Waals surface area (Å²) in [6.07, 6.45) is 0.984. The van der Waals surface area contributed by atoms with E-state index >= 15 is 0 Å². The second kappa shape index (κ2) is 7.04. The Hall–Kier alpha value is -2.14. The van der Waals surface area contributed by atoms with Crippen LogP contribution in [0.3, 0.4) is 0 Å². The van der Waals surface area contributed by atoms with Gasteiger partial charge >= 0.3 is 0 Å². The maximum atomic E-state index is 11.6. The van der Waals surface area contributed by atoms with E-state index < -0.39 is 0 Å². The summed E-state index contributed by atoms with van der Waals surface area (Å²) < 4.78 is 0. The van der Waals surface area contributed by atoms with E-state index in [2.05, 4.69) is 28.2 Å². The van der Waals surface area contributed by atoms with Crippen molar-refractivity contribution in [2.24, 2.45) is 0 Å². The molecule has 0 aliphatic heterocycles. The molecule has 0 unspecified atom stereocenters. The summed E-state index contributed by atoms with van der Waals surface area (Å²) in [7, 11) is 1.65. The van der Waals surface area contributed by atoms with Crippen LogP contribution >= 0.6 is 0 Å². The Bertz CT molecular complexity index is 627. The molecule has 112 valence electrons. The molecule has 0 fully saturated rings. The number of nitrogens with one attached hydrogen (secondary N) is 1. The smallest absolute Gasteiger partial charge is 0.233 e. The van der Waals surface area contributed by atoms with Gasteiger partial charge in [-0.2, -0.15) is 0 Å². The molecule has 1 amide bonds. The second-order valence-electron chi connectivity index (χ2n) is 5.11. The van der Waals surface area contributed by atoms with E-state index in [4.69, 9.17) is 5.73 Å². The minimum atomic E-state index is 0.00997. The molecule has 1 heterocycles. The highest BCUT2D eigenvalue weighted by Gasteiger charge is 2.12. The van der Waals surface area contributed by atoms with Crippen molar-refractivity contribution in [3.8, 4) is 0 Å². The first-order chi connectivity index (χ1) is 10.1. The van der Waals surface area contributed by atoms with Crippen molar-refractivity contribution < 1.29 is 4.79 Å². The van der Waals surface area contributed by atoms with E-state index in [1.54, 1.807) is 7.05 Å². The van der Waals surface area contributed by atoms with Gasteiger partial charge in [-0.1, -0.05) is 25.1 Å². The molecule has 0 atom stereocenters. The van der Waals surface area contributed by atoms with Gasteiger partial charge < -0.3 is 11.1 Å². The third kappa shape index (κ3) is 3.92. The van der Waals surface area contributed by atoms with Crippen molar-refractivity contribution in [3.63, 3.8) is 0 Å². The Morgan fingerprint density at radius 1 is 1.38 bits per heavy atom. The van der Waals surface area contributed by atoms with E-state index in [0.717, 1.165) is 29.4 Å². The summed E-state index contributed by atoms with van der Waals surface area (Å²) in [5, 5.41) is 3.72. The fourth-order valence-electron chi connectivity index (χ4n) is 2.35. The van der Waals surface area contributed by atoms with Crippen molar-refractivity contribution in [2.75, 3.05) is 25.9 Å². The van der Waals surface area contributed by atoms with Gasteiger partial charge in [0.15, 0.2) is 0 Å². The van der Waals surface area contributed by atoms with Gasteiger partial charge in [0.1, 0.15) is 5.82 Å². The van der Waals surface area contributed by atoms with E-state index in [0.29, 0.717) is 18.9 Å². The molecule has 0 aliphatic carbocycles. The maximum Gasteiger partial charge on any atom is 0.233 e. The fraction of sp³-hybridized carbons (Fsp3) is 0.375. The molecule has 0 bridgehead atoms. The molecular formula is C16H22N4O. The number of nitrogen functional groups attached to an aromatic ring is 1. The van der Waals surface area contributed by atoms with Gasteiger partial charge in [0, 0.05) is 24.5 Å². The van der Waals surface area contributed by atoms with Gasteiger partial charge in [0.25, 0.3) is 0 Å². The average molecular weight is 286 g/mol. The van der Waals surface area contributed by atoms with Crippen LogP contribution in [0, 0.1) is 0 Å². The number of carbonyl (C=O) groups excluding carboxylic acids is 1. The number of hydrogen-bond acceptors (Lipinski definition) is 4. The monoisotopic (exact) mass is 286 g/mol. The molecule has 5 nitrogen and oxygen atoms in total. The van der Waals surface area contributed by atoms with Gasteiger partial charge in [-0.3, -0.25) is 9.69 Å². The number of para-hydroxylation sites is 1. The number of amides is 1. The molecule has 5 heteroatoms. The molecule has 2 rings (SSSR count). The predicted octanol–water partition coefficient (Wildman–Crippen LogP) is 1.77. The first-order valence-electron chi connectivity index (χ1n) is 7.21. The number of benzene rings is 1. The van der Waals surface area contributed by atoms with Gasteiger partial charge in [0.05, 0.1) is 12.1 Å². The first-order valence-corrected chi connectivity index (χ1v) is 7.21. The molecule has 0 saturated carbocycles. The van der Waals surface area contributed by atoms with Crippen LogP contribution in [0.2, 0.25) is 0 Å². The number of nitrogens with two attached hydrogens (primary N) is 1. The topological polar surface area (TPSA) is 71.2 Å². The van der Waals surface area contributed by atoms with Crippen LogP contribution in [0.25, 0.3) is 10.9 Å². The zero-order valence-corrected chi connectivity index (χ0v) is 12.6. The van der Waals surface area contributed by atoms with Gasteiger partial charge in [-0.15, -0.1) is 0 Å². The van der Waals surface area contributed by atoms with Crippen LogP contribution in [-0.4, -0.2) is 35.9 Å². The van der Waals surface area contributed by atoms with E-state index in [9.17, 15) is 4.79 Å². The Balaban J connectivity index is 2.23. The summed E-state index contributed by atoms with van der Waals surface area (Å²) in [4.78, 5) is 18.1. The Kier molecular flexibility index (Phi) is 5.11. The molecule has 1 aromatic heterocycles. The minimum absolute atomic E-state index is 0.00997. The highest BCUT2D eigenvalue weighted by molar-refractivity contribution is 5.81. The van der Waals surface area contributed by atoms with E-state index in [1.807, 2.05) is 24.3 Å². The number of fused-ring (bicyclic) bond motifs is 1. The number of carbonyl (C=O) groups is 1. The number of rotatable bonds is 6. The van der Waals surface area contributed by atoms with Crippen LogP contribution in [0.15, 0.2) is 30.3 Å². The van der Waals surface area contributed by atoms with Crippen molar-refractivity contribution in [2.45, 2.75) is 19.9 Å². The third-order valence-corrected chi connectivity index (χ3v) is 3.42. The number of pyridine rings is 1. The van der Waals surface area contributed by atoms with Crippen LogP contribution in [0.5, 0.6) is 0 Å². The molecule has 3 N–H and O–H groups in total. The summed E-state index contributed by atoms with van der Waals surface area (Å²) >= 11 is 0. The predicted molar refractivity (Wildman–Crippen MR) is 85.8 cm³/mol. The third-order valence-electron chi connectivity index (χ3n) is 3.42. The molecular weight excluding hydrogens is 264 g/mol. The SMILES string of the molecule is CCCN(CC(=O)NC)Cc1cc2ccccc2nc1N. The van der Waals surface area contributed by atoms with Gasteiger partial charge in [-0.25, -0.2) is 4.98 Å². The fourth-order valence-corrected chi connectivity index (χ4v) is 2.35. The average Bonchev–Trinajstić information content (AvgIpc) is 2.48. The molecule has 1 aromatic carbocycles. The number of likely N-dealkylation sites (N-methyl/N-ethyl adjacent to an activating group) is 1. The lowest BCUT2D eigenvalue weighted by Crippen LogP contribution is -2.35. The molecule has 0 spiro atoms. The lowest BCUT2D eigenvalue weighted by Gasteiger charge is -2.21. The number of hydrogen-bond donors (Lipinski definition) is 2. The van der Waals surface area contributed by atoms with E-state index in [-0.39, 0.29) is 5.91 Å². The molecule has 0 aliphatic rings. The van der Waals surface area contributed by atoms with E-state index in [1.165, 1.54) is 0 Å². The van der Waals surface area contributed by atoms with Crippen LogP contribution in [0.1, 0.15) is 18.9 Å². The summed E-state index contributed by atoms with van der Waals surface area (Å²) in [5.41, 5.74) is 7.92. The van der Waals surface area contributed by atoms with Gasteiger partial charge in [-0.05, 0) is 25.1 Å². The number of nitrogens with zero attached hydrogens (tertiary/aromatic N) is 2. The van der Waals surface area contributed by atoms with Crippen molar-refractivity contribution in [1.82, 2.24) is 15.2 Å². The molecule has 0 radical (unpaired) electrons. The lowest BCUT2D eigenvalue weighted by atomic mass is 10.1. The van der Waals surface area contributed by atoms with Crippen molar-refractivity contribution in [1.29, 1.82) is 0 Å².